The van der Waals surface area contributed by atoms with Gasteiger partial charge in [-0.2, -0.15) is 0 Å². The predicted octanol–water partition coefficient (Wildman–Crippen LogP) is 14.4. The Hall–Kier alpha value is -0.380. The Labute approximate surface area is 297 Å². The zero-order valence-corrected chi connectivity index (χ0v) is 33.1. The molecule has 0 aromatic carbocycles. The summed E-state index contributed by atoms with van der Waals surface area (Å²) in [5.74, 6) is 0.553. The van der Waals surface area contributed by atoms with Crippen LogP contribution in [0, 0.1) is 5.92 Å². The van der Waals surface area contributed by atoms with Crippen molar-refractivity contribution >= 4 is 0 Å². The third-order valence-corrected chi connectivity index (χ3v) is 10.7. The molecule has 0 aromatic heterocycles. The molecule has 3 unspecified atom stereocenters. The van der Waals surface area contributed by atoms with E-state index in [1.807, 2.05) is 0 Å². The van der Waals surface area contributed by atoms with Crippen LogP contribution in [0.5, 0.6) is 0 Å². The van der Waals surface area contributed by atoms with Crippen molar-refractivity contribution in [2.45, 2.75) is 238 Å². The second-order valence-electron chi connectivity index (χ2n) is 15.9. The topological polar surface area (TPSA) is 21.7 Å². The monoisotopic (exact) mass is 662 g/mol. The highest BCUT2D eigenvalue weighted by molar-refractivity contribution is 4.83. The Morgan fingerprint density at radius 1 is 0.596 bits per heavy atom. The third kappa shape index (κ3) is 28.1. The number of hydrogen-bond acceptors (Lipinski definition) is 3. The molecule has 3 nitrogen and oxygen atoms in total. The molecule has 0 saturated carbocycles. The van der Waals surface area contributed by atoms with Gasteiger partial charge >= 0.3 is 0 Å². The summed E-state index contributed by atoms with van der Waals surface area (Å²) in [6.45, 7) is 8.90. The normalized spacial score (nSPS) is 19.1. The van der Waals surface area contributed by atoms with Crippen LogP contribution in [0.3, 0.4) is 0 Å². The highest BCUT2D eigenvalue weighted by Crippen LogP contribution is 2.35. The molecule has 1 fully saturated rings. The lowest BCUT2D eigenvalue weighted by atomic mass is 9.98. The first-order chi connectivity index (χ1) is 23.0. The minimum Gasteiger partial charge on any atom is -0.347 e. The predicted molar refractivity (Wildman–Crippen MR) is 210 cm³/mol. The van der Waals surface area contributed by atoms with Gasteiger partial charge in [0.15, 0.2) is 5.79 Å². The SMILES string of the molecule is CCCCCCCCCCCCCCCCCCC1(CCCCCCCC/C=C\CC(C)CCCCCC)OCC(CCN(C)C)O1. The molecule has 1 aliphatic heterocycles. The Morgan fingerprint density at radius 3 is 1.53 bits per heavy atom. The highest BCUT2D eigenvalue weighted by atomic mass is 16.7. The molecule has 1 heterocycles. The Bertz CT molecular complexity index is 663. The smallest absolute Gasteiger partial charge is 0.168 e. The Balaban J connectivity index is 2.12. The van der Waals surface area contributed by atoms with E-state index in [-0.39, 0.29) is 11.9 Å². The molecule has 47 heavy (non-hydrogen) atoms. The molecule has 0 bridgehead atoms. The molecule has 280 valence electrons. The zero-order chi connectivity index (χ0) is 34.1. The van der Waals surface area contributed by atoms with Crippen LogP contribution >= 0.6 is 0 Å². The molecule has 1 saturated heterocycles. The van der Waals surface area contributed by atoms with Crippen LogP contribution in [-0.4, -0.2) is 44.0 Å². The van der Waals surface area contributed by atoms with E-state index in [1.165, 1.54) is 186 Å². The van der Waals surface area contributed by atoms with E-state index in [9.17, 15) is 0 Å². The van der Waals surface area contributed by atoms with Crippen LogP contribution in [0.15, 0.2) is 12.2 Å². The maximum Gasteiger partial charge on any atom is 0.168 e. The minimum absolute atomic E-state index is 0.274. The number of rotatable bonds is 36. The highest BCUT2D eigenvalue weighted by Gasteiger charge is 2.40. The number of ether oxygens (including phenoxy) is 2. The van der Waals surface area contributed by atoms with Gasteiger partial charge in [-0.1, -0.05) is 187 Å². The molecule has 3 atom stereocenters. The molecule has 0 spiro atoms. The van der Waals surface area contributed by atoms with E-state index in [0.717, 1.165) is 38.3 Å². The first kappa shape index (κ1) is 44.6. The summed E-state index contributed by atoms with van der Waals surface area (Å²) < 4.78 is 13.2. The average molecular weight is 662 g/mol. The lowest BCUT2D eigenvalue weighted by Crippen LogP contribution is -2.31. The summed E-state index contributed by atoms with van der Waals surface area (Å²) in [5, 5.41) is 0. The van der Waals surface area contributed by atoms with Gasteiger partial charge in [0, 0.05) is 19.4 Å². The van der Waals surface area contributed by atoms with Crippen LogP contribution in [0.1, 0.15) is 226 Å². The van der Waals surface area contributed by atoms with Gasteiger partial charge in [-0.3, -0.25) is 0 Å². The van der Waals surface area contributed by atoms with Crippen LogP contribution in [0.4, 0.5) is 0 Å². The standard InChI is InChI=1S/C44H87NO2/c1-6-8-10-12-13-14-15-16-17-18-19-20-23-26-29-33-38-44(46-41-43(47-44)37-40-45(4)5)39-34-30-27-24-21-22-25-28-32-36-42(3)35-31-11-9-7-2/h28,32,42-43H,6-27,29-31,33-41H2,1-5H3/b32-28-. The lowest BCUT2D eigenvalue weighted by Gasteiger charge is -2.29. The summed E-state index contributed by atoms with van der Waals surface area (Å²) in [5.41, 5.74) is 0. The van der Waals surface area contributed by atoms with Gasteiger partial charge in [0.2, 0.25) is 0 Å². The second kappa shape index (κ2) is 32.8. The van der Waals surface area contributed by atoms with Crippen molar-refractivity contribution in [2.75, 3.05) is 27.2 Å². The zero-order valence-electron chi connectivity index (χ0n) is 33.1. The van der Waals surface area contributed by atoms with E-state index < -0.39 is 0 Å². The van der Waals surface area contributed by atoms with E-state index in [2.05, 4.69) is 51.9 Å². The van der Waals surface area contributed by atoms with Gasteiger partial charge in [0.1, 0.15) is 0 Å². The summed E-state index contributed by atoms with van der Waals surface area (Å²) in [4.78, 5) is 2.27. The summed E-state index contributed by atoms with van der Waals surface area (Å²) in [6, 6.07) is 0. The van der Waals surface area contributed by atoms with Crippen molar-refractivity contribution in [1.29, 1.82) is 0 Å². The molecular weight excluding hydrogens is 574 g/mol. The molecule has 1 rings (SSSR count). The van der Waals surface area contributed by atoms with Crippen molar-refractivity contribution in [3.05, 3.63) is 12.2 Å². The molecule has 0 aliphatic carbocycles. The van der Waals surface area contributed by atoms with Crippen molar-refractivity contribution in [3.63, 3.8) is 0 Å². The van der Waals surface area contributed by atoms with E-state index >= 15 is 0 Å². The lowest BCUT2D eigenvalue weighted by molar-refractivity contribution is -0.180. The van der Waals surface area contributed by atoms with Gasteiger partial charge in [-0.15, -0.1) is 0 Å². The fourth-order valence-corrected chi connectivity index (χ4v) is 7.34. The van der Waals surface area contributed by atoms with Gasteiger partial charge in [0.05, 0.1) is 12.7 Å². The van der Waals surface area contributed by atoms with Crippen LogP contribution in [0.25, 0.3) is 0 Å². The Morgan fingerprint density at radius 2 is 1.04 bits per heavy atom. The largest absolute Gasteiger partial charge is 0.347 e. The summed E-state index contributed by atoms with van der Waals surface area (Å²) in [7, 11) is 4.32. The van der Waals surface area contributed by atoms with Crippen molar-refractivity contribution in [2.24, 2.45) is 5.92 Å². The fraction of sp³-hybridized carbons (Fsp3) is 0.955. The third-order valence-electron chi connectivity index (χ3n) is 10.7. The maximum atomic E-state index is 6.70. The van der Waals surface area contributed by atoms with Gasteiger partial charge < -0.3 is 14.4 Å². The number of hydrogen-bond donors (Lipinski definition) is 0. The summed E-state index contributed by atoms with van der Waals surface area (Å²) >= 11 is 0. The molecule has 0 N–H and O–H groups in total. The summed E-state index contributed by atoms with van der Waals surface area (Å²) in [6.07, 6.45) is 48.7. The molecule has 0 aromatic rings. The molecule has 0 amide bonds. The number of allylic oxidation sites excluding steroid dienone is 2. The van der Waals surface area contributed by atoms with Crippen molar-refractivity contribution in [1.82, 2.24) is 4.90 Å². The molecule has 3 heteroatoms. The Kier molecular flexibility index (Phi) is 31.2. The molecule has 1 aliphatic rings. The quantitative estimate of drug-likeness (QED) is 0.0493. The van der Waals surface area contributed by atoms with Gasteiger partial charge in [-0.25, -0.2) is 0 Å². The number of unbranched alkanes of at least 4 members (excludes halogenated alkanes) is 24. The van der Waals surface area contributed by atoms with E-state index in [0.29, 0.717) is 0 Å². The first-order valence-electron chi connectivity index (χ1n) is 21.6. The van der Waals surface area contributed by atoms with Crippen LogP contribution in [0.2, 0.25) is 0 Å². The average Bonchev–Trinajstić information content (AvgIpc) is 3.47. The minimum atomic E-state index is -0.301. The van der Waals surface area contributed by atoms with Crippen LogP contribution < -0.4 is 0 Å². The van der Waals surface area contributed by atoms with E-state index in [4.69, 9.17) is 9.47 Å². The van der Waals surface area contributed by atoms with Crippen molar-refractivity contribution < 1.29 is 9.47 Å². The van der Waals surface area contributed by atoms with Crippen molar-refractivity contribution in [3.8, 4) is 0 Å². The second-order valence-corrected chi connectivity index (χ2v) is 15.9. The van der Waals surface area contributed by atoms with Gasteiger partial charge in [-0.05, 0) is 58.5 Å². The van der Waals surface area contributed by atoms with E-state index in [1.54, 1.807) is 0 Å². The van der Waals surface area contributed by atoms with Crippen LogP contribution in [-0.2, 0) is 9.47 Å². The number of nitrogens with zero attached hydrogens (tertiary/aromatic N) is 1. The van der Waals surface area contributed by atoms with Gasteiger partial charge in [0.25, 0.3) is 0 Å². The molecular formula is C44H87NO2. The fourth-order valence-electron chi connectivity index (χ4n) is 7.34. The molecule has 0 radical (unpaired) electrons. The first-order valence-corrected chi connectivity index (χ1v) is 21.6. The maximum absolute atomic E-state index is 6.70.